The number of anilines is 1. The molecule has 582 valence electrons. The van der Waals surface area contributed by atoms with E-state index in [1.807, 2.05) is 70.3 Å². The molecule has 4 aliphatic rings. The molecule has 10 N–H and O–H groups in total. The largest absolute Gasteiger partial charge is 0.445 e. The zero-order valence-corrected chi connectivity index (χ0v) is 64.0. The van der Waals surface area contributed by atoms with Crippen LogP contribution in [0.5, 0.6) is 0 Å². The molecule has 1 aromatic heterocycles. The molecule has 14 atom stereocenters. The van der Waals surface area contributed by atoms with Gasteiger partial charge in [-0.05, 0) is 111 Å². The maximum atomic E-state index is 15.1. The van der Waals surface area contributed by atoms with Gasteiger partial charge in [0.15, 0.2) is 0 Å². The molecule has 2 saturated heterocycles. The van der Waals surface area contributed by atoms with E-state index < -0.39 is 132 Å². The molecule has 2 bridgehead atoms. The van der Waals surface area contributed by atoms with E-state index in [1.165, 1.54) is 42.2 Å². The Bertz CT molecular complexity index is 3550. The Kier molecular flexibility index (Phi) is 32.0. The van der Waals surface area contributed by atoms with Crippen molar-refractivity contribution in [2.75, 3.05) is 66.5 Å². The number of aromatic nitrogens is 1. The Morgan fingerprint density at radius 1 is 0.792 bits per heavy atom. The molecule has 4 heterocycles. The van der Waals surface area contributed by atoms with Gasteiger partial charge in [0, 0.05) is 89.8 Å². The van der Waals surface area contributed by atoms with Gasteiger partial charge in [0.25, 0.3) is 11.8 Å². The number of rotatable bonds is 40. The summed E-state index contributed by atoms with van der Waals surface area (Å²) in [5.74, 6) is -6.62. The van der Waals surface area contributed by atoms with Gasteiger partial charge in [-0.3, -0.25) is 57.7 Å². The van der Waals surface area contributed by atoms with Crippen LogP contribution in [0.15, 0.2) is 72.3 Å². The lowest BCUT2D eigenvalue weighted by molar-refractivity contribution is -0.148. The second kappa shape index (κ2) is 40.2. The third-order valence-corrected chi connectivity index (χ3v) is 21.5. The number of methoxy groups -OCH3 is 2. The second-order valence-corrected chi connectivity index (χ2v) is 29.8. The molecule has 0 spiro atoms. The van der Waals surface area contributed by atoms with E-state index in [0.29, 0.717) is 62.6 Å². The van der Waals surface area contributed by atoms with Gasteiger partial charge in [0.1, 0.15) is 35.8 Å². The molecule has 30 nitrogen and oxygen atoms in total. The molecule has 106 heavy (non-hydrogen) atoms. The molecule has 3 aromatic rings. The molecular formula is C75H110N14O16S. The van der Waals surface area contributed by atoms with Crippen LogP contribution >= 0.6 is 11.3 Å². The number of fused-ring (bicyclic) bond motifs is 2. The van der Waals surface area contributed by atoms with Gasteiger partial charge < -0.3 is 77.0 Å². The van der Waals surface area contributed by atoms with Crippen LogP contribution in [0.4, 0.5) is 15.3 Å². The van der Waals surface area contributed by atoms with E-state index in [0.717, 1.165) is 27.6 Å². The second-order valence-electron chi connectivity index (χ2n) is 28.8. The molecule has 31 heteroatoms. The monoisotopic (exact) mass is 1490 g/mol. The summed E-state index contributed by atoms with van der Waals surface area (Å²) >= 11 is 1.46. The first-order valence-corrected chi connectivity index (χ1v) is 37.6. The number of hydrogen-bond donors (Lipinski definition) is 8. The number of nitrogens with two attached hydrogens (primary N) is 2. The number of carbonyl (C=O) groups is 12. The first kappa shape index (κ1) is 84.4. The van der Waals surface area contributed by atoms with Crippen LogP contribution in [-0.4, -0.2) is 222 Å². The minimum Gasteiger partial charge on any atom is -0.445 e. The number of nitrogens with zero attached hydrogens (tertiary/aromatic N) is 6. The predicted molar refractivity (Wildman–Crippen MR) is 395 cm³/mol. The molecule has 0 radical (unpaired) electrons. The molecule has 3 fully saturated rings. The van der Waals surface area contributed by atoms with E-state index in [9.17, 15) is 52.7 Å². The number of ether oxygens (including phenoxy) is 4. The fourth-order valence-corrected chi connectivity index (χ4v) is 15.3. The van der Waals surface area contributed by atoms with Crippen molar-refractivity contribution in [1.29, 1.82) is 0 Å². The summed E-state index contributed by atoms with van der Waals surface area (Å²) in [6, 6.07) is 6.72. The Hall–Kier alpha value is -8.91. The van der Waals surface area contributed by atoms with E-state index in [1.54, 1.807) is 62.2 Å². The number of urea groups is 1. The van der Waals surface area contributed by atoms with Crippen LogP contribution in [0.25, 0.3) is 0 Å². The first-order valence-electron chi connectivity index (χ1n) is 36.8. The fourth-order valence-electron chi connectivity index (χ4n) is 14.6. The Morgan fingerprint density at radius 3 is 2.13 bits per heavy atom. The number of nitrogens with one attached hydrogen (secondary N) is 6. The van der Waals surface area contributed by atoms with Gasteiger partial charge in [-0.1, -0.05) is 91.3 Å². The summed E-state index contributed by atoms with van der Waals surface area (Å²) in [7, 11) is 6.26. The summed E-state index contributed by atoms with van der Waals surface area (Å²) in [6.07, 6.45) is 5.97. The zero-order chi connectivity index (χ0) is 77.6. The van der Waals surface area contributed by atoms with Gasteiger partial charge in [0.2, 0.25) is 47.3 Å². The predicted octanol–water partition coefficient (Wildman–Crippen LogP) is 4.44. The number of amides is 13. The van der Waals surface area contributed by atoms with Crippen molar-refractivity contribution in [2.24, 2.45) is 41.1 Å². The van der Waals surface area contributed by atoms with E-state index >= 15 is 4.79 Å². The summed E-state index contributed by atoms with van der Waals surface area (Å²) in [5.41, 5.74) is 13.5. The number of piperidine rings is 1. The van der Waals surface area contributed by atoms with E-state index in [2.05, 4.69) is 36.9 Å². The molecular weight excluding hydrogens is 1380 g/mol. The van der Waals surface area contributed by atoms with Gasteiger partial charge in [-0.2, -0.15) is 0 Å². The third kappa shape index (κ3) is 22.6. The first-order chi connectivity index (χ1) is 50.5. The SMILES string of the molecule is CC[C@H](C)[C@@H]([C@@H](CC(=O)N1CCC[C@H]1[C@H](OC)[C@@H](C)C(=O)N[C@@H](Cc1ccccc1)c1nccs1)OC)N(C)C(=O)[C@@H](NC(=O)[C@@H]1[C@H]2CC[C@H](C2)N1C(=O)OCc1ccc(NC(=O)[C@H](CCCNC(N)=O)NC(=O)[C@@H](NC(=O)CCOCCN2C(=O)C=CC2=O)C(C)C)cc1CN(C)C(=O)[C@H](C)N)C(C)C. The molecule has 1 saturated carbocycles. The van der Waals surface area contributed by atoms with Crippen LogP contribution in [0.3, 0.4) is 0 Å². The highest BCUT2D eigenvalue weighted by molar-refractivity contribution is 7.09. The van der Waals surface area contributed by atoms with Crippen molar-refractivity contribution in [3.63, 3.8) is 0 Å². The quantitative estimate of drug-likeness (QED) is 0.0288. The highest BCUT2D eigenvalue weighted by Gasteiger charge is 2.53. The number of carbonyl (C=O) groups excluding carboxylic acids is 12. The van der Waals surface area contributed by atoms with Gasteiger partial charge in [-0.15, -0.1) is 11.3 Å². The minimum atomic E-state index is -1.23. The highest BCUT2D eigenvalue weighted by Crippen LogP contribution is 2.43. The average Bonchev–Trinajstić information content (AvgIpc) is 1.60. The molecule has 2 aromatic carbocycles. The summed E-state index contributed by atoms with van der Waals surface area (Å²) in [4.78, 5) is 175. The van der Waals surface area contributed by atoms with E-state index in [-0.39, 0.29) is 107 Å². The maximum absolute atomic E-state index is 15.1. The number of likely N-dealkylation sites (tertiary alicyclic amines) is 2. The van der Waals surface area contributed by atoms with Crippen LogP contribution in [0, 0.1) is 29.6 Å². The molecule has 13 amide bonds. The number of likely N-dealkylation sites (N-methyl/N-ethyl adjacent to an activating group) is 2. The third-order valence-electron chi connectivity index (χ3n) is 20.6. The van der Waals surface area contributed by atoms with Gasteiger partial charge in [-0.25, -0.2) is 14.6 Å². The van der Waals surface area contributed by atoms with E-state index in [4.69, 9.17) is 30.4 Å². The lowest BCUT2D eigenvalue weighted by Gasteiger charge is -2.41. The number of benzene rings is 2. The van der Waals surface area contributed by atoms with Crippen LogP contribution in [0.2, 0.25) is 0 Å². The fraction of sp³-hybridized carbons (Fsp3) is 0.613. The highest BCUT2D eigenvalue weighted by atomic mass is 32.1. The summed E-state index contributed by atoms with van der Waals surface area (Å²) in [5, 5.41) is 19.7. The van der Waals surface area contributed by atoms with Gasteiger partial charge in [0.05, 0.1) is 68.5 Å². The molecule has 7 rings (SSSR count). The average molecular weight is 1500 g/mol. The van der Waals surface area contributed by atoms with Crippen molar-refractivity contribution in [3.8, 4) is 0 Å². The van der Waals surface area contributed by atoms with Crippen LogP contribution < -0.4 is 43.4 Å². The number of thiazole rings is 1. The van der Waals surface area contributed by atoms with Crippen molar-refractivity contribution in [3.05, 3.63) is 94.0 Å². The standard InChI is InChI=1S/C75H110N14O16S/c1-13-45(6)64(57(102-11)40-61(93)87-32-18-22-56(87)66(103-12)46(7)67(94)82-55(71-78-31-36-106-71)37-48-19-15-14-16-20-48)86(10)73(99)63(44(4)5)84-70(97)65-49-24-26-53(39-49)89(65)75(101)105-42-50-23-25-52(38-51(50)41-85(9)72(98)47(8)76)80-68(95)54(21-17-30-79-74(77)100)81-69(96)62(43(2)3)83-58(90)29-34-104-35-33-88-59(91)27-28-60(88)92/h14-16,19-20,23,25,27-28,31,36,38,43-47,49,53-57,62-66H,13,17-18,21-22,24,26,29-30,32-35,37,39-42,76H2,1-12H3,(H,80,95)(H,81,96)(H,82,94)(H,83,90)(H,84,97)(H3,77,79,100)/t45-,46+,47-,49-,53+,54-,55-,56-,57+,62-,63-,64-,65-,66+/m0/s1. The van der Waals surface area contributed by atoms with Crippen molar-refractivity contribution >= 4 is 88.2 Å². The number of hydrogen-bond acceptors (Lipinski definition) is 19. The van der Waals surface area contributed by atoms with Crippen LogP contribution in [0.1, 0.15) is 147 Å². The lowest BCUT2D eigenvalue weighted by atomic mass is 9.89. The maximum Gasteiger partial charge on any atom is 0.411 e. The number of imide groups is 1. The van der Waals surface area contributed by atoms with Crippen molar-refractivity contribution < 1.29 is 76.5 Å². The van der Waals surface area contributed by atoms with Gasteiger partial charge >= 0.3 is 12.1 Å². The van der Waals surface area contributed by atoms with Crippen LogP contribution in [-0.2, 0) is 86.5 Å². The summed E-state index contributed by atoms with van der Waals surface area (Å²) in [6.45, 7) is 14.4. The van der Waals surface area contributed by atoms with Crippen molar-refractivity contribution in [2.45, 2.75) is 206 Å². The van der Waals surface area contributed by atoms with Crippen molar-refractivity contribution in [1.82, 2.24) is 56.1 Å². The topological polar surface area (TPSA) is 395 Å². The lowest BCUT2D eigenvalue weighted by Crippen LogP contribution is -2.60. The minimum absolute atomic E-state index is 0.00351. The normalized spacial score (nSPS) is 19.7. The Morgan fingerprint density at radius 2 is 1.50 bits per heavy atom. The molecule has 1 aliphatic carbocycles. The summed E-state index contributed by atoms with van der Waals surface area (Å²) < 4.78 is 23.9. The Labute approximate surface area is 625 Å². The molecule has 3 aliphatic heterocycles. The number of primary amides is 1. The Balaban J connectivity index is 1.01. The molecule has 0 unspecified atom stereocenters. The smallest absolute Gasteiger partial charge is 0.411 e. The zero-order valence-electron chi connectivity index (χ0n) is 63.2.